The van der Waals surface area contributed by atoms with Crippen molar-refractivity contribution in [1.82, 2.24) is 4.90 Å². The van der Waals surface area contributed by atoms with E-state index in [-0.39, 0.29) is 29.7 Å². The lowest BCUT2D eigenvalue weighted by atomic mass is 9.83. The molecule has 3 atom stereocenters. The highest BCUT2D eigenvalue weighted by atomic mass is 19.1. The molecule has 0 radical (unpaired) electrons. The number of carbonyl (C=O) groups is 1. The number of nitrogens with two attached hydrogens (primary N) is 1. The highest BCUT2D eigenvalue weighted by molar-refractivity contribution is 5.80. The molecule has 116 valence electrons. The lowest BCUT2D eigenvalue weighted by molar-refractivity contribution is -0.139. The van der Waals surface area contributed by atoms with Crippen LogP contribution in [0.2, 0.25) is 0 Å². The van der Waals surface area contributed by atoms with E-state index in [4.69, 9.17) is 5.73 Å². The maximum atomic E-state index is 13.0. The van der Waals surface area contributed by atoms with E-state index in [0.717, 1.165) is 31.2 Å². The third-order valence-electron chi connectivity index (χ3n) is 4.58. The van der Waals surface area contributed by atoms with E-state index in [1.807, 2.05) is 18.7 Å². The first-order valence-corrected chi connectivity index (χ1v) is 7.86. The molecule has 3 unspecified atom stereocenters. The van der Waals surface area contributed by atoms with Crippen molar-refractivity contribution in [1.29, 1.82) is 0 Å². The van der Waals surface area contributed by atoms with Crippen molar-refractivity contribution in [2.24, 2.45) is 11.7 Å². The van der Waals surface area contributed by atoms with Gasteiger partial charge in [-0.2, -0.15) is 0 Å². The number of nitrogens with zero attached hydrogens (tertiary/aromatic N) is 1. The zero-order chi connectivity index (χ0) is 15.4. The Hall–Kier alpha value is -1.42. The monoisotopic (exact) mass is 292 g/mol. The second-order valence-electron chi connectivity index (χ2n) is 5.91. The number of carbonyl (C=O) groups excluding carboxylic acids is 1. The fourth-order valence-electron chi connectivity index (χ4n) is 3.22. The summed E-state index contributed by atoms with van der Waals surface area (Å²) in [5, 5.41) is 0. The Morgan fingerprint density at radius 2 is 1.95 bits per heavy atom. The Labute approximate surface area is 126 Å². The number of benzene rings is 1. The van der Waals surface area contributed by atoms with Gasteiger partial charge in [-0.1, -0.05) is 25.0 Å². The summed E-state index contributed by atoms with van der Waals surface area (Å²) >= 11 is 0. The Morgan fingerprint density at radius 3 is 2.52 bits per heavy atom. The Balaban J connectivity index is 2.14. The van der Waals surface area contributed by atoms with Gasteiger partial charge in [-0.3, -0.25) is 4.79 Å². The second-order valence-corrected chi connectivity index (χ2v) is 5.91. The first-order valence-electron chi connectivity index (χ1n) is 7.86. The Bertz CT molecular complexity index is 474. The van der Waals surface area contributed by atoms with Gasteiger partial charge in [0.25, 0.3) is 0 Å². The largest absolute Gasteiger partial charge is 0.336 e. The predicted molar refractivity (Wildman–Crippen MR) is 82.1 cm³/mol. The molecule has 1 saturated carbocycles. The quantitative estimate of drug-likeness (QED) is 0.926. The van der Waals surface area contributed by atoms with Crippen LogP contribution in [0.15, 0.2) is 24.3 Å². The molecule has 0 heterocycles. The van der Waals surface area contributed by atoms with Gasteiger partial charge in [0.2, 0.25) is 5.91 Å². The molecule has 0 aliphatic heterocycles. The summed E-state index contributed by atoms with van der Waals surface area (Å²) in [6.45, 7) is 4.61. The molecule has 1 fully saturated rings. The number of halogens is 1. The van der Waals surface area contributed by atoms with E-state index in [1.54, 1.807) is 12.1 Å². The third-order valence-corrected chi connectivity index (χ3v) is 4.58. The van der Waals surface area contributed by atoms with E-state index >= 15 is 0 Å². The molecule has 4 heteroatoms. The minimum Gasteiger partial charge on any atom is -0.336 e. The minimum atomic E-state index is -0.255. The maximum absolute atomic E-state index is 13.0. The van der Waals surface area contributed by atoms with Crippen LogP contribution in [-0.2, 0) is 4.79 Å². The number of amides is 1. The van der Waals surface area contributed by atoms with Crippen molar-refractivity contribution in [2.75, 3.05) is 6.54 Å². The maximum Gasteiger partial charge on any atom is 0.227 e. The third kappa shape index (κ3) is 3.62. The fraction of sp³-hybridized carbons (Fsp3) is 0.588. The van der Waals surface area contributed by atoms with Crippen LogP contribution in [-0.4, -0.2) is 23.4 Å². The smallest absolute Gasteiger partial charge is 0.227 e. The topological polar surface area (TPSA) is 46.3 Å². The standard InChI is InChI=1S/C17H25FN2O/c1-3-20(12(2)13-8-10-14(18)11-9-13)17(21)15-6-4-5-7-16(15)19/h8-12,15-16H,3-7,19H2,1-2H3. The molecular weight excluding hydrogens is 267 g/mol. The molecule has 0 bridgehead atoms. The van der Waals surface area contributed by atoms with Crippen molar-refractivity contribution < 1.29 is 9.18 Å². The van der Waals surface area contributed by atoms with E-state index < -0.39 is 0 Å². The van der Waals surface area contributed by atoms with Crippen molar-refractivity contribution in [3.8, 4) is 0 Å². The molecule has 0 aromatic heterocycles. The summed E-state index contributed by atoms with van der Waals surface area (Å²) in [4.78, 5) is 14.7. The molecule has 3 nitrogen and oxygen atoms in total. The van der Waals surface area contributed by atoms with Crippen molar-refractivity contribution >= 4 is 5.91 Å². The molecule has 1 aromatic carbocycles. The van der Waals surface area contributed by atoms with Crippen LogP contribution < -0.4 is 5.73 Å². The normalized spacial score (nSPS) is 23.6. The van der Waals surface area contributed by atoms with Crippen LogP contribution in [0.4, 0.5) is 4.39 Å². The summed E-state index contributed by atoms with van der Waals surface area (Å²) in [6.07, 6.45) is 4.00. The molecule has 1 amide bonds. The first kappa shape index (κ1) is 16.0. The molecule has 1 aliphatic rings. The van der Waals surface area contributed by atoms with E-state index in [9.17, 15) is 9.18 Å². The van der Waals surface area contributed by atoms with E-state index in [2.05, 4.69) is 0 Å². The van der Waals surface area contributed by atoms with Crippen LogP contribution in [0.25, 0.3) is 0 Å². The number of hydrogen-bond donors (Lipinski definition) is 1. The summed E-state index contributed by atoms with van der Waals surface area (Å²) < 4.78 is 13.0. The van der Waals surface area contributed by atoms with E-state index in [1.165, 1.54) is 12.1 Å². The lowest BCUT2D eigenvalue weighted by Gasteiger charge is -2.35. The highest BCUT2D eigenvalue weighted by Crippen LogP contribution is 2.28. The fourth-order valence-corrected chi connectivity index (χ4v) is 3.22. The van der Waals surface area contributed by atoms with Crippen LogP contribution in [0.5, 0.6) is 0 Å². The molecule has 21 heavy (non-hydrogen) atoms. The molecule has 2 rings (SSSR count). The van der Waals surface area contributed by atoms with Gasteiger partial charge in [-0.05, 0) is 44.4 Å². The molecule has 0 spiro atoms. The molecule has 0 saturated heterocycles. The van der Waals surface area contributed by atoms with Gasteiger partial charge >= 0.3 is 0 Å². The van der Waals surface area contributed by atoms with Crippen LogP contribution >= 0.6 is 0 Å². The molecule has 1 aliphatic carbocycles. The zero-order valence-corrected chi connectivity index (χ0v) is 12.9. The Kier molecular flexibility index (Phi) is 5.34. The van der Waals surface area contributed by atoms with Gasteiger partial charge in [-0.15, -0.1) is 0 Å². The lowest BCUT2D eigenvalue weighted by Crippen LogP contribution is -2.46. The first-order chi connectivity index (χ1) is 10.0. The van der Waals surface area contributed by atoms with Gasteiger partial charge in [0.15, 0.2) is 0 Å². The zero-order valence-electron chi connectivity index (χ0n) is 12.9. The highest BCUT2D eigenvalue weighted by Gasteiger charge is 2.33. The minimum absolute atomic E-state index is 0.0271. The average molecular weight is 292 g/mol. The van der Waals surface area contributed by atoms with E-state index in [0.29, 0.717) is 6.54 Å². The van der Waals surface area contributed by atoms with Crippen LogP contribution in [0.1, 0.15) is 51.1 Å². The number of rotatable bonds is 4. The van der Waals surface area contributed by atoms with Crippen molar-refractivity contribution in [2.45, 2.75) is 51.6 Å². The summed E-state index contributed by atoms with van der Waals surface area (Å²) in [7, 11) is 0. The van der Waals surface area contributed by atoms with Crippen molar-refractivity contribution in [3.05, 3.63) is 35.6 Å². The van der Waals surface area contributed by atoms with Gasteiger partial charge in [0.05, 0.1) is 12.0 Å². The average Bonchev–Trinajstić information content (AvgIpc) is 2.49. The van der Waals surface area contributed by atoms with Crippen LogP contribution in [0.3, 0.4) is 0 Å². The predicted octanol–water partition coefficient (Wildman–Crippen LogP) is 3.25. The van der Waals surface area contributed by atoms with Gasteiger partial charge in [-0.25, -0.2) is 4.39 Å². The number of hydrogen-bond acceptors (Lipinski definition) is 2. The summed E-state index contributed by atoms with van der Waals surface area (Å²) in [5.74, 6) is -0.183. The second kappa shape index (κ2) is 7.03. The molecule has 2 N–H and O–H groups in total. The molecule has 1 aromatic rings. The van der Waals surface area contributed by atoms with Crippen LogP contribution in [0, 0.1) is 11.7 Å². The van der Waals surface area contributed by atoms with Gasteiger partial charge in [0.1, 0.15) is 5.82 Å². The molecular formula is C17H25FN2O. The Morgan fingerprint density at radius 1 is 1.33 bits per heavy atom. The SMILES string of the molecule is CCN(C(=O)C1CCCCC1N)C(C)c1ccc(F)cc1. The summed E-state index contributed by atoms with van der Waals surface area (Å²) in [5.41, 5.74) is 7.09. The van der Waals surface area contributed by atoms with Gasteiger partial charge < -0.3 is 10.6 Å². The summed E-state index contributed by atoms with van der Waals surface area (Å²) in [6, 6.07) is 6.29. The van der Waals surface area contributed by atoms with Crippen molar-refractivity contribution in [3.63, 3.8) is 0 Å². The van der Waals surface area contributed by atoms with Gasteiger partial charge in [0, 0.05) is 12.6 Å².